The van der Waals surface area contributed by atoms with Crippen molar-refractivity contribution in [3.8, 4) is 0 Å². The predicted octanol–water partition coefficient (Wildman–Crippen LogP) is 5.20. The molecule has 0 radical (unpaired) electrons. The molecule has 0 aliphatic rings. The molecular formula is C19H24. The van der Waals surface area contributed by atoms with Crippen LogP contribution in [0.1, 0.15) is 36.5 Å². The second-order valence-corrected chi connectivity index (χ2v) is 5.61. The van der Waals surface area contributed by atoms with Gasteiger partial charge in [-0.15, -0.1) is 0 Å². The van der Waals surface area contributed by atoms with Gasteiger partial charge < -0.3 is 0 Å². The van der Waals surface area contributed by atoms with Gasteiger partial charge in [0.2, 0.25) is 0 Å². The summed E-state index contributed by atoms with van der Waals surface area (Å²) in [7, 11) is 0. The molecule has 19 heavy (non-hydrogen) atoms. The maximum atomic E-state index is 2.37. The van der Waals surface area contributed by atoms with Crippen molar-refractivity contribution in [2.24, 2.45) is 5.92 Å². The second kappa shape index (κ2) is 7.13. The lowest BCUT2D eigenvalue weighted by Gasteiger charge is -2.13. The van der Waals surface area contributed by atoms with Gasteiger partial charge in [-0.2, -0.15) is 0 Å². The summed E-state index contributed by atoms with van der Waals surface area (Å²) in [5.74, 6) is 0.768. The fourth-order valence-corrected chi connectivity index (χ4v) is 2.62. The molecule has 2 rings (SSSR count). The Morgan fingerprint density at radius 2 is 1.58 bits per heavy atom. The molecule has 2 aromatic rings. The molecule has 0 N–H and O–H groups in total. The summed E-state index contributed by atoms with van der Waals surface area (Å²) in [5, 5.41) is 0. The van der Waals surface area contributed by atoms with Gasteiger partial charge in [0.25, 0.3) is 0 Å². The summed E-state index contributed by atoms with van der Waals surface area (Å²) in [5.41, 5.74) is 4.40. The van der Waals surface area contributed by atoms with Crippen molar-refractivity contribution in [1.29, 1.82) is 0 Å². The van der Waals surface area contributed by atoms with Gasteiger partial charge in [0.1, 0.15) is 0 Å². The van der Waals surface area contributed by atoms with Crippen LogP contribution in [0.5, 0.6) is 0 Å². The summed E-state index contributed by atoms with van der Waals surface area (Å²) in [6.45, 7) is 4.59. The molecule has 0 aliphatic carbocycles. The molecule has 2 aromatic carbocycles. The second-order valence-electron chi connectivity index (χ2n) is 5.61. The Bertz CT molecular complexity index is 484. The van der Waals surface area contributed by atoms with E-state index >= 15 is 0 Å². The summed E-state index contributed by atoms with van der Waals surface area (Å²) in [6, 6.07) is 19.6. The molecular weight excluding hydrogens is 228 g/mol. The Morgan fingerprint density at radius 3 is 2.32 bits per heavy atom. The molecule has 0 heteroatoms. The van der Waals surface area contributed by atoms with Gasteiger partial charge in [0.15, 0.2) is 0 Å². The molecule has 0 saturated heterocycles. The summed E-state index contributed by atoms with van der Waals surface area (Å²) >= 11 is 0. The quantitative estimate of drug-likeness (QED) is 0.663. The van der Waals surface area contributed by atoms with Gasteiger partial charge in [0.05, 0.1) is 0 Å². The van der Waals surface area contributed by atoms with Crippen LogP contribution in [0.4, 0.5) is 0 Å². The molecule has 0 heterocycles. The minimum absolute atomic E-state index is 0.768. The van der Waals surface area contributed by atoms with E-state index in [1.165, 1.54) is 42.4 Å². The van der Waals surface area contributed by atoms with Crippen LogP contribution in [0.15, 0.2) is 54.6 Å². The van der Waals surface area contributed by atoms with Crippen LogP contribution < -0.4 is 0 Å². The number of rotatable bonds is 6. The number of hydrogen-bond donors (Lipinski definition) is 0. The Kier molecular flexibility index (Phi) is 5.20. The topological polar surface area (TPSA) is 0 Å². The zero-order chi connectivity index (χ0) is 13.5. The highest BCUT2D eigenvalue weighted by Gasteiger charge is 2.05. The highest BCUT2D eigenvalue weighted by atomic mass is 14.1. The van der Waals surface area contributed by atoms with E-state index in [4.69, 9.17) is 0 Å². The van der Waals surface area contributed by atoms with Crippen LogP contribution in [0.25, 0.3) is 0 Å². The summed E-state index contributed by atoms with van der Waals surface area (Å²) in [4.78, 5) is 0. The minimum Gasteiger partial charge on any atom is -0.0622 e. The normalized spacial score (nSPS) is 12.3. The summed E-state index contributed by atoms with van der Waals surface area (Å²) < 4.78 is 0. The third kappa shape index (κ3) is 4.55. The third-order valence-electron chi connectivity index (χ3n) is 3.83. The molecule has 0 fully saturated rings. The van der Waals surface area contributed by atoms with Crippen LogP contribution >= 0.6 is 0 Å². The van der Waals surface area contributed by atoms with Gasteiger partial charge in [0, 0.05) is 0 Å². The van der Waals surface area contributed by atoms with Gasteiger partial charge in [-0.1, -0.05) is 67.9 Å². The van der Waals surface area contributed by atoms with Crippen LogP contribution in [-0.4, -0.2) is 0 Å². The molecule has 1 atom stereocenters. The largest absolute Gasteiger partial charge is 0.0622 e. The van der Waals surface area contributed by atoms with Crippen molar-refractivity contribution in [1.82, 2.24) is 0 Å². The van der Waals surface area contributed by atoms with E-state index in [0.29, 0.717) is 0 Å². The zero-order valence-corrected chi connectivity index (χ0v) is 12.1. The monoisotopic (exact) mass is 252 g/mol. The van der Waals surface area contributed by atoms with Gasteiger partial charge in [-0.25, -0.2) is 0 Å². The first kappa shape index (κ1) is 13.9. The minimum atomic E-state index is 0.768. The predicted molar refractivity (Wildman–Crippen MR) is 83.4 cm³/mol. The van der Waals surface area contributed by atoms with Gasteiger partial charge in [-0.05, 0) is 48.8 Å². The van der Waals surface area contributed by atoms with E-state index in [9.17, 15) is 0 Å². The molecule has 0 amide bonds. The van der Waals surface area contributed by atoms with Crippen molar-refractivity contribution in [3.63, 3.8) is 0 Å². The first-order chi connectivity index (χ1) is 9.25. The molecule has 0 aliphatic heterocycles. The first-order valence-electron chi connectivity index (χ1n) is 7.34. The van der Waals surface area contributed by atoms with E-state index in [2.05, 4.69) is 68.4 Å². The Balaban J connectivity index is 1.76. The van der Waals surface area contributed by atoms with E-state index in [1.807, 2.05) is 0 Å². The molecule has 0 nitrogen and oxygen atoms in total. The molecule has 0 saturated carbocycles. The standard InChI is InChI=1S/C19H24/c1-16(15-19-14-7-6-10-17(19)2)9-8-13-18-11-4-3-5-12-18/h3-7,10-12,14,16H,8-9,13,15H2,1-2H3/t16-/m1/s1. The molecule has 0 aromatic heterocycles. The Morgan fingerprint density at radius 1 is 0.895 bits per heavy atom. The Labute approximate surface area is 117 Å². The van der Waals surface area contributed by atoms with Crippen molar-refractivity contribution in [2.75, 3.05) is 0 Å². The molecule has 0 spiro atoms. The van der Waals surface area contributed by atoms with E-state index in [1.54, 1.807) is 0 Å². The van der Waals surface area contributed by atoms with Crippen LogP contribution in [0, 0.1) is 12.8 Å². The van der Waals surface area contributed by atoms with Crippen molar-refractivity contribution in [2.45, 2.75) is 39.5 Å². The van der Waals surface area contributed by atoms with Gasteiger partial charge >= 0.3 is 0 Å². The van der Waals surface area contributed by atoms with Crippen LogP contribution in [-0.2, 0) is 12.8 Å². The van der Waals surface area contributed by atoms with Crippen molar-refractivity contribution < 1.29 is 0 Å². The first-order valence-corrected chi connectivity index (χ1v) is 7.34. The lowest BCUT2D eigenvalue weighted by molar-refractivity contribution is 0.507. The molecule has 0 bridgehead atoms. The SMILES string of the molecule is Cc1ccccc1C[C@H](C)CCCc1ccccc1. The lowest BCUT2D eigenvalue weighted by atomic mass is 9.93. The fraction of sp³-hybridized carbons (Fsp3) is 0.368. The number of aryl methyl sites for hydroxylation is 2. The van der Waals surface area contributed by atoms with Gasteiger partial charge in [-0.3, -0.25) is 0 Å². The average molecular weight is 252 g/mol. The number of hydrogen-bond acceptors (Lipinski definition) is 0. The van der Waals surface area contributed by atoms with E-state index in [-0.39, 0.29) is 0 Å². The van der Waals surface area contributed by atoms with Crippen molar-refractivity contribution in [3.05, 3.63) is 71.3 Å². The number of benzene rings is 2. The fourth-order valence-electron chi connectivity index (χ4n) is 2.62. The lowest BCUT2D eigenvalue weighted by Crippen LogP contribution is -2.02. The average Bonchev–Trinajstić information content (AvgIpc) is 2.43. The van der Waals surface area contributed by atoms with E-state index < -0.39 is 0 Å². The third-order valence-corrected chi connectivity index (χ3v) is 3.83. The summed E-state index contributed by atoms with van der Waals surface area (Å²) in [6.07, 6.45) is 5.01. The highest BCUT2D eigenvalue weighted by molar-refractivity contribution is 5.25. The van der Waals surface area contributed by atoms with Crippen LogP contribution in [0.3, 0.4) is 0 Å². The maximum absolute atomic E-state index is 2.37. The highest BCUT2D eigenvalue weighted by Crippen LogP contribution is 2.17. The maximum Gasteiger partial charge on any atom is -0.0250 e. The Hall–Kier alpha value is -1.56. The molecule has 0 unspecified atom stereocenters. The van der Waals surface area contributed by atoms with Crippen molar-refractivity contribution >= 4 is 0 Å². The van der Waals surface area contributed by atoms with E-state index in [0.717, 1.165) is 5.92 Å². The zero-order valence-electron chi connectivity index (χ0n) is 12.1. The smallest absolute Gasteiger partial charge is 0.0250 e. The van der Waals surface area contributed by atoms with Crippen LogP contribution in [0.2, 0.25) is 0 Å². The molecule has 100 valence electrons.